The van der Waals surface area contributed by atoms with Crippen LogP contribution in [0.3, 0.4) is 0 Å². The van der Waals surface area contributed by atoms with Crippen molar-refractivity contribution in [3.8, 4) is 17.0 Å². The van der Waals surface area contributed by atoms with Crippen LogP contribution in [0.2, 0.25) is 5.02 Å². The monoisotopic (exact) mass is 445 g/mol. The summed E-state index contributed by atoms with van der Waals surface area (Å²) < 4.78 is 5.89. The minimum atomic E-state index is -0.311. The van der Waals surface area contributed by atoms with Crippen molar-refractivity contribution in [1.29, 1.82) is 0 Å². The molecule has 4 rings (SSSR count). The number of rotatable bonds is 5. The number of carbonyl (C=O) groups is 1. The summed E-state index contributed by atoms with van der Waals surface area (Å²) in [7, 11) is 0. The van der Waals surface area contributed by atoms with Gasteiger partial charge in [0.2, 0.25) is 0 Å². The first kappa shape index (κ1) is 21.7. The van der Waals surface area contributed by atoms with Crippen LogP contribution in [0.4, 0.5) is 16.2 Å². The van der Waals surface area contributed by atoms with Crippen LogP contribution in [-0.4, -0.2) is 17.6 Å². The number of benzene rings is 3. The lowest BCUT2D eigenvalue weighted by Crippen LogP contribution is -2.19. The summed E-state index contributed by atoms with van der Waals surface area (Å²) in [5, 5.41) is 7.23. The lowest BCUT2D eigenvalue weighted by Gasteiger charge is -2.13. The summed E-state index contributed by atoms with van der Waals surface area (Å²) in [4.78, 5) is 17.3. The SMILES string of the molecule is CCOc1cc(-c2cccc(Cl)c2)nc2ccc(NC(=O)Nc3ccc(C)c(C)c3)cc12. The van der Waals surface area contributed by atoms with E-state index < -0.39 is 0 Å². The average Bonchev–Trinajstić information content (AvgIpc) is 2.76. The number of urea groups is 1. The molecule has 0 radical (unpaired) electrons. The predicted molar refractivity (Wildman–Crippen MR) is 132 cm³/mol. The Morgan fingerprint density at radius 2 is 1.69 bits per heavy atom. The molecule has 0 aliphatic rings. The van der Waals surface area contributed by atoms with Gasteiger partial charge in [-0.1, -0.05) is 29.8 Å². The van der Waals surface area contributed by atoms with Crippen LogP contribution in [0.1, 0.15) is 18.1 Å². The molecule has 0 aliphatic carbocycles. The van der Waals surface area contributed by atoms with E-state index in [1.807, 2.05) is 87.5 Å². The van der Waals surface area contributed by atoms with Crippen LogP contribution in [0.5, 0.6) is 5.75 Å². The predicted octanol–water partition coefficient (Wildman–Crippen LogP) is 7.21. The van der Waals surface area contributed by atoms with Gasteiger partial charge in [-0.2, -0.15) is 0 Å². The van der Waals surface area contributed by atoms with Gasteiger partial charge in [0.1, 0.15) is 5.75 Å². The highest BCUT2D eigenvalue weighted by atomic mass is 35.5. The molecule has 0 atom stereocenters. The molecule has 1 aromatic heterocycles. The Hall–Kier alpha value is -3.57. The molecule has 0 unspecified atom stereocenters. The largest absolute Gasteiger partial charge is 0.493 e. The molecular formula is C26H24ClN3O2. The van der Waals surface area contributed by atoms with Crippen LogP contribution in [0.25, 0.3) is 22.2 Å². The maximum atomic E-state index is 12.5. The fourth-order valence-corrected chi connectivity index (χ4v) is 3.65. The average molecular weight is 446 g/mol. The number of fused-ring (bicyclic) bond motifs is 1. The zero-order valence-electron chi connectivity index (χ0n) is 18.2. The van der Waals surface area contributed by atoms with Crippen molar-refractivity contribution in [3.05, 3.63) is 82.9 Å². The van der Waals surface area contributed by atoms with Crippen LogP contribution in [0, 0.1) is 13.8 Å². The molecule has 2 amide bonds. The van der Waals surface area contributed by atoms with Gasteiger partial charge in [-0.3, -0.25) is 0 Å². The van der Waals surface area contributed by atoms with Crippen molar-refractivity contribution in [2.24, 2.45) is 0 Å². The highest BCUT2D eigenvalue weighted by Gasteiger charge is 2.11. The number of hydrogen-bond acceptors (Lipinski definition) is 3. The van der Waals surface area contributed by atoms with Crippen LogP contribution in [0.15, 0.2) is 66.7 Å². The van der Waals surface area contributed by atoms with E-state index in [9.17, 15) is 4.79 Å². The number of amides is 2. The Balaban J connectivity index is 1.62. The molecule has 162 valence electrons. The first-order valence-corrected chi connectivity index (χ1v) is 10.8. The zero-order valence-corrected chi connectivity index (χ0v) is 19.0. The van der Waals surface area contributed by atoms with E-state index in [2.05, 4.69) is 10.6 Å². The van der Waals surface area contributed by atoms with Crippen LogP contribution in [-0.2, 0) is 0 Å². The maximum Gasteiger partial charge on any atom is 0.323 e. The number of nitrogens with zero attached hydrogens (tertiary/aromatic N) is 1. The minimum absolute atomic E-state index is 0.311. The van der Waals surface area contributed by atoms with E-state index in [-0.39, 0.29) is 6.03 Å². The lowest BCUT2D eigenvalue weighted by atomic mass is 10.1. The van der Waals surface area contributed by atoms with E-state index in [1.165, 1.54) is 5.56 Å². The second-order valence-electron chi connectivity index (χ2n) is 7.56. The number of nitrogens with one attached hydrogen (secondary N) is 2. The number of hydrogen-bond donors (Lipinski definition) is 2. The lowest BCUT2D eigenvalue weighted by molar-refractivity contribution is 0.262. The van der Waals surface area contributed by atoms with Crippen molar-refractivity contribution in [3.63, 3.8) is 0 Å². The Morgan fingerprint density at radius 3 is 2.41 bits per heavy atom. The molecule has 0 saturated carbocycles. The normalized spacial score (nSPS) is 10.8. The van der Waals surface area contributed by atoms with Crippen molar-refractivity contribution in [2.75, 3.05) is 17.2 Å². The molecule has 32 heavy (non-hydrogen) atoms. The fraction of sp³-hybridized carbons (Fsp3) is 0.154. The number of pyridine rings is 1. The third kappa shape index (κ3) is 4.84. The minimum Gasteiger partial charge on any atom is -0.493 e. The van der Waals surface area contributed by atoms with Crippen molar-refractivity contribution in [1.82, 2.24) is 4.98 Å². The van der Waals surface area contributed by atoms with E-state index in [0.717, 1.165) is 33.4 Å². The van der Waals surface area contributed by atoms with Crippen molar-refractivity contribution >= 4 is 39.9 Å². The second-order valence-corrected chi connectivity index (χ2v) is 8.00. The van der Waals surface area contributed by atoms with E-state index in [1.54, 1.807) is 0 Å². The molecule has 3 aromatic carbocycles. The standard InChI is InChI=1S/C26H24ClN3O2/c1-4-32-25-15-24(18-6-5-7-19(27)13-18)30-23-11-10-21(14-22(23)25)29-26(31)28-20-9-8-16(2)17(3)12-20/h5-15H,4H2,1-3H3,(H2,28,29,31). The Labute approximate surface area is 192 Å². The van der Waals surface area contributed by atoms with Crippen molar-refractivity contribution < 1.29 is 9.53 Å². The first-order chi connectivity index (χ1) is 15.4. The molecule has 6 heteroatoms. The third-order valence-electron chi connectivity index (χ3n) is 5.21. The maximum absolute atomic E-state index is 12.5. The summed E-state index contributed by atoms with van der Waals surface area (Å²) >= 11 is 6.15. The molecule has 0 bridgehead atoms. The fourth-order valence-electron chi connectivity index (χ4n) is 3.46. The van der Waals surface area contributed by atoms with Gasteiger partial charge in [-0.25, -0.2) is 9.78 Å². The summed E-state index contributed by atoms with van der Waals surface area (Å²) in [5.41, 5.74) is 6.15. The molecule has 0 spiro atoms. The molecule has 2 N–H and O–H groups in total. The number of aromatic nitrogens is 1. The van der Waals surface area contributed by atoms with Gasteiger partial charge < -0.3 is 15.4 Å². The van der Waals surface area contributed by atoms with Gasteiger partial charge in [0.05, 0.1) is 17.8 Å². The highest BCUT2D eigenvalue weighted by molar-refractivity contribution is 6.30. The van der Waals surface area contributed by atoms with Gasteiger partial charge in [0.25, 0.3) is 0 Å². The number of halogens is 1. The van der Waals surface area contributed by atoms with E-state index >= 15 is 0 Å². The summed E-state index contributed by atoms with van der Waals surface area (Å²) in [6, 6.07) is 20.5. The summed E-state index contributed by atoms with van der Waals surface area (Å²) in [6.07, 6.45) is 0. The Kier molecular flexibility index (Phi) is 6.28. The topological polar surface area (TPSA) is 63.2 Å². The highest BCUT2D eigenvalue weighted by Crippen LogP contribution is 2.32. The Morgan fingerprint density at radius 1 is 0.938 bits per heavy atom. The molecule has 0 fully saturated rings. The molecule has 5 nitrogen and oxygen atoms in total. The first-order valence-electron chi connectivity index (χ1n) is 10.4. The van der Waals surface area contributed by atoms with Crippen LogP contribution >= 0.6 is 11.6 Å². The third-order valence-corrected chi connectivity index (χ3v) is 5.45. The molecule has 0 saturated heterocycles. The molecule has 0 aliphatic heterocycles. The number of carbonyl (C=O) groups excluding carboxylic acids is 1. The molecule has 1 heterocycles. The number of ether oxygens (including phenoxy) is 1. The van der Waals surface area contributed by atoms with Gasteiger partial charge in [-0.15, -0.1) is 0 Å². The smallest absolute Gasteiger partial charge is 0.323 e. The van der Waals surface area contributed by atoms with Gasteiger partial charge in [0.15, 0.2) is 0 Å². The Bertz CT molecular complexity index is 1300. The number of aryl methyl sites for hydroxylation is 2. The quantitative estimate of drug-likeness (QED) is 0.341. The number of anilines is 2. The van der Waals surface area contributed by atoms with Crippen molar-refractivity contribution in [2.45, 2.75) is 20.8 Å². The summed E-state index contributed by atoms with van der Waals surface area (Å²) in [5.74, 6) is 0.700. The second kappa shape index (κ2) is 9.28. The van der Waals surface area contributed by atoms with Gasteiger partial charge in [0, 0.05) is 33.4 Å². The molecule has 4 aromatic rings. The van der Waals surface area contributed by atoms with E-state index in [4.69, 9.17) is 21.3 Å². The van der Waals surface area contributed by atoms with Gasteiger partial charge >= 0.3 is 6.03 Å². The summed E-state index contributed by atoms with van der Waals surface area (Å²) in [6.45, 7) is 6.50. The zero-order chi connectivity index (χ0) is 22.7. The van der Waals surface area contributed by atoms with Crippen LogP contribution < -0.4 is 15.4 Å². The van der Waals surface area contributed by atoms with E-state index in [0.29, 0.717) is 23.1 Å². The molecular weight excluding hydrogens is 422 g/mol. The van der Waals surface area contributed by atoms with Gasteiger partial charge in [-0.05, 0) is 74.4 Å².